The summed E-state index contributed by atoms with van der Waals surface area (Å²) < 4.78 is 5.45. The fourth-order valence-electron chi connectivity index (χ4n) is 4.05. The van der Waals surface area contributed by atoms with Gasteiger partial charge in [0.2, 0.25) is 17.7 Å². The molecule has 25 heavy (non-hydrogen) atoms. The maximum atomic E-state index is 12.1. The van der Waals surface area contributed by atoms with E-state index in [9.17, 15) is 14.4 Å². The lowest BCUT2D eigenvalue weighted by atomic mass is 9.81. The maximum absolute atomic E-state index is 12.1. The average molecular weight is 348 g/mol. The molecular formula is C19H28N2O4. The smallest absolute Gasteiger partial charge is 0.248 e. The van der Waals surface area contributed by atoms with Gasteiger partial charge in [0, 0.05) is 31.5 Å². The normalized spacial score (nSPS) is 30.1. The summed E-state index contributed by atoms with van der Waals surface area (Å²) in [5.41, 5.74) is -0.140. The van der Waals surface area contributed by atoms with Crippen LogP contribution in [-0.4, -0.2) is 52.9 Å². The second-order valence-corrected chi connectivity index (χ2v) is 8.57. The molecule has 0 aromatic carbocycles. The van der Waals surface area contributed by atoms with Crippen LogP contribution in [0.2, 0.25) is 0 Å². The first-order valence-electron chi connectivity index (χ1n) is 9.16. The average Bonchev–Trinajstić information content (AvgIpc) is 3.25. The van der Waals surface area contributed by atoms with Crippen LogP contribution < -0.4 is 0 Å². The summed E-state index contributed by atoms with van der Waals surface area (Å²) in [6.07, 6.45) is 5.53. The van der Waals surface area contributed by atoms with Gasteiger partial charge in [0.25, 0.3) is 0 Å². The van der Waals surface area contributed by atoms with Gasteiger partial charge in [0.1, 0.15) is 6.10 Å². The Bertz CT molecular complexity index is 613. The van der Waals surface area contributed by atoms with Crippen LogP contribution in [0.5, 0.6) is 0 Å². The summed E-state index contributed by atoms with van der Waals surface area (Å²) in [7, 11) is 0. The largest absolute Gasteiger partial charge is 0.343 e. The standard InChI is InChI=1S/C19H28N2O4/c1-12(7-8-20-15(22)6-5-14-18(20)25-14)10-19(3,4)11-21-16(23)9-13(2)17(21)24/h5-6,12-14,18H,7-11H2,1-4H3. The molecule has 3 heterocycles. The van der Waals surface area contributed by atoms with Gasteiger partial charge in [-0.1, -0.05) is 27.7 Å². The number of hydrogen-bond donors (Lipinski definition) is 0. The van der Waals surface area contributed by atoms with Crippen LogP contribution in [0.15, 0.2) is 12.2 Å². The number of amides is 3. The van der Waals surface area contributed by atoms with Crippen LogP contribution in [0.1, 0.15) is 47.0 Å². The zero-order valence-electron chi connectivity index (χ0n) is 15.5. The van der Waals surface area contributed by atoms with Gasteiger partial charge in [-0.05, 0) is 30.3 Å². The van der Waals surface area contributed by atoms with Gasteiger partial charge in [0.05, 0.1) is 0 Å². The molecule has 3 aliphatic heterocycles. The third-order valence-corrected chi connectivity index (χ3v) is 5.34. The molecule has 0 saturated carbocycles. The van der Waals surface area contributed by atoms with E-state index in [1.54, 1.807) is 11.0 Å². The van der Waals surface area contributed by atoms with Gasteiger partial charge >= 0.3 is 0 Å². The molecule has 4 unspecified atom stereocenters. The van der Waals surface area contributed by atoms with Gasteiger partial charge in [0.15, 0.2) is 6.23 Å². The summed E-state index contributed by atoms with van der Waals surface area (Å²) in [6, 6.07) is 0. The van der Waals surface area contributed by atoms with Crippen LogP contribution in [-0.2, 0) is 19.1 Å². The Hall–Kier alpha value is -1.69. The van der Waals surface area contributed by atoms with Crippen LogP contribution in [0.3, 0.4) is 0 Å². The van der Waals surface area contributed by atoms with Crippen molar-refractivity contribution in [2.24, 2.45) is 17.3 Å². The monoisotopic (exact) mass is 348 g/mol. The number of imide groups is 1. The molecule has 0 N–H and O–H groups in total. The first-order valence-corrected chi connectivity index (χ1v) is 9.16. The Kier molecular flexibility index (Phi) is 4.75. The van der Waals surface area contributed by atoms with E-state index in [2.05, 4.69) is 20.8 Å². The number of hydrogen-bond acceptors (Lipinski definition) is 4. The van der Waals surface area contributed by atoms with Crippen molar-refractivity contribution >= 4 is 17.7 Å². The molecule has 6 nitrogen and oxygen atoms in total. The molecule has 3 rings (SSSR count). The number of rotatable bonds is 7. The molecule has 2 fully saturated rings. The minimum absolute atomic E-state index is 0.0208. The fraction of sp³-hybridized carbons (Fsp3) is 0.737. The fourth-order valence-corrected chi connectivity index (χ4v) is 4.05. The van der Waals surface area contributed by atoms with E-state index in [0.29, 0.717) is 25.4 Å². The molecule has 2 saturated heterocycles. The molecule has 0 aliphatic carbocycles. The summed E-state index contributed by atoms with van der Waals surface area (Å²) in [6.45, 7) is 9.32. The minimum Gasteiger partial charge on any atom is -0.343 e. The number of carbonyl (C=O) groups is 3. The molecular weight excluding hydrogens is 320 g/mol. The molecule has 0 spiro atoms. The topological polar surface area (TPSA) is 70.2 Å². The van der Waals surface area contributed by atoms with Crippen molar-refractivity contribution in [2.75, 3.05) is 13.1 Å². The molecule has 0 aromatic heterocycles. The van der Waals surface area contributed by atoms with Crippen LogP contribution in [0.25, 0.3) is 0 Å². The number of ether oxygens (including phenoxy) is 1. The summed E-state index contributed by atoms with van der Waals surface area (Å²) in [5, 5.41) is 0. The molecule has 6 heteroatoms. The second kappa shape index (κ2) is 6.56. The molecule has 138 valence electrons. The Morgan fingerprint density at radius 3 is 2.68 bits per heavy atom. The lowest BCUT2D eigenvalue weighted by Crippen LogP contribution is -2.40. The van der Waals surface area contributed by atoms with E-state index in [4.69, 9.17) is 4.74 Å². The number of fused-ring (bicyclic) bond motifs is 1. The highest BCUT2D eigenvalue weighted by Gasteiger charge is 2.46. The van der Waals surface area contributed by atoms with E-state index < -0.39 is 0 Å². The number of nitrogens with zero attached hydrogens (tertiary/aromatic N) is 2. The molecule has 0 aromatic rings. The van der Waals surface area contributed by atoms with Crippen LogP contribution >= 0.6 is 0 Å². The Labute approximate surface area is 149 Å². The maximum Gasteiger partial charge on any atom is 0.248 e. The molecule has 3 aliphatic rings. The van der Waals surface area contributed by atoms with Crippen molar-refractivity contribution < 1.29 is 19.1 Å². The third-order valence-electron chi connectivity index (χ3n) is 5.34. The highest BCUT2D eigenvalue weighted by molar-refractivity contribution is 6.03. The lowest BCUT2D eigenvalue weighted by molar-refractivity contribution is -0.141. The van der Waals surface area contributed by atoms with Crippen molar-refractivity contribution in [3.8, 4) is 0 Å². The predicted molar refractivity (Wildman–Crippen MR) is 92.2 cm³/mol. The zero-order valence-corrected chi connectivity index (χ0v) is 15.5. The van der Waals surface area contributed by atoms with E-state index >= 15 is 0 Å². The quantitative estimate of drug-likeness (QED) is 0.521. The first-order chi connectivity index (χ1) is 11.7. The molecule has 0 radical (unpaired) electrons. The van der Waals surface area contributed by atoms with E-state index in [-0.39, 0.29) is 41.4 Å². The molecule has 4 atom stereocenters. The number of likely N-dealkylation sites (tertiary alicyclic amines) is 1. The van der Waals surface area contributed by atoms with Crippen molar-refractivity contribution in [3.05, 3.63) is 12.2 Å². The lowest BCUT2D eigenvalue weighted by Gasteiger charge is -2.32. The SMILES string of the molecule is CC(CCN1C(=O)C=CC2OC21)CC(C)(C)CN1C(=O)CC(C)C1=O. The molecule has 3 amide bonds. The number of carbonyl (C=O) groups excluding carboxylic acids is 3. The van der Waals surface area contributed by atoms with Crippen molar-refractivity contribution in [1.82, 2.24) is 9.80 Å². The Morgan fingerprint density at radius 1 is 1.32 bits per heavy atom. The summed E-state index contributed by atoms with van der Waals surface area (Å²) in [5.74, 6) is 0.114. The summed E-state index contributed by atoms with van der Waals surface area (Å²) in [4.78, 5) is 39.3. The van der Waals surface area contributed by atoms with Gasteiger partial charge in [-0.2, -0.15) is 0 Å². The first kappa shape index (κ1) is 18.1. The van der Waals surface area contributed by atoms with Gasteiger partial charge in [-0.3, -0.25) is 19.3 Å². The predicted octanol–water partition coefficient (Wildman–Crippen LogP) is 1.95. The van der Waals surface area contributed by atoms with Crippen molar-refractivity contribution in [3.63, 3.8) is 0 Å². The zero-order chi connectivity index (χ0) is 18.4. The van der Waals surface area contributed by atoms with Crippen LogP contribution in [0.4, 0.5) is 0 Å². The number of epoxide rings is 1. The second-order valence-electron chi connectivity index (χ2n) is 8.57. The highest BCUT2D eigenvalue weighted by atomic mass is 16.6. The minimum atomic E-state index is -0.189. The highest BCUT2D eigenvalue weighted by Crippen LogP contribution is 2.34. The summed E-state index contributed by atoms with van der Waals surface area (Å²) >= 11 is 0. The van der Waals surface area contributed by atoms with Gasteiger partial charge < -0.3 is 9.64 Å². The van der Waals surface area contributed by atoms with Crippen LogP contribution in [0, 0.1) is 17.3 Å². The Morgan fingerprint density at radius 2 is 2.04 bits per heavy atom. The molecule has 0 bridgehead atoms. The third kappa shape index (κ3) is 3.94. The van der Waals surface area contributed by atoms with Gasteiger partial charge in [-0.15, -0.1) is 0 Å². The Balaban J connectivity index is 1.49. The van der Waals surface area contributed by atoms with Crippen molar-refractivity contribution in [1.29, 1.82) is 0 Å². The van der Waals surface area contributed by atoms with E-state index in [1.807, 2.05) is 13.0 Å². The van der Waals surface area contributed by atoms with E-state index in [1.165, 1.54) is 4.90 Å². The van der Waals surface area contributed by atoms with Crippen molar-refractivity contribution in [2.45, 2.75) is 59.3 Å². The van der Waals surface area contributed by atoms with Gasteiger partial charge in [-0.25, -0.2) is 0 Å². The van der Waals surface area contributed by atoms with E-state index in [0.717, 1.165) is 12.8 Å².